The Hall–Kier alpha value is -3.06. The monoisotopic (exact) mass is 348 g/mol. The molecule has 7 heteroatoms. The summed E-state index contributed by atoms with van der Waals surface area (Å²) in [5.41, 5.74) is 3.57. The van der Waals surface area contributed by atoms with Gasteiger partial charge in [0.25, 0.3) is 11.1 Å². The van der Waals surface area contributed by atoms with Gasteiger partial charge in [0, 0.05) is 17.1 Å². The van der Waals surface area contributed by atoms with Crippen LogP contribution in [0.25, 0.3) is 33.5 Å². The Morgan fingerprint density at radius 1 is 0.960 bits per heavy atom. The second-order valence-corrected chi connectivity index (χ2v) is 6.41. The van der Waals surface area contributed by atoms with Crippen molar-refractivity contribution in [2.24, 2.45) is 0 Å². The molecule has 0 radical (unpaired) electrons. The van der Waals surface area contributed by atoms with Gasteiger partial charge in [-0.05, 0) is 18.2 Å². The highest BCUT2D eigenvalue weighted by Crippen LogP contribution is 2.30. The molecular weight excluding hydrogens is 336 g/mol. The van der Waals surface area contributed by atoms with Crippen LogP contribution in [0.2, 0.25) is 0 Å². The van der Waals surface area contributed by atoms with E-state index in [1.54, 1.807) is 0 Å². The smallest absolute Gasteiger partial charge is 0.277 e. The number of aromatic amines is 1. The fraction of sp³-hybridized carbons (Fsp3) is 0.0556. The molecule has 0 bridgehead atoms. The third-order valence-corrected chi connectivity index (χ3v) is 4.69. The van der Waals surface area contributed by atoms with Crippen LogP contribution in [-0.4, -0.2) is 20.2 Å². The van der Waals surface area contributed by atoms with Gasteiger partial charge in [-0.1, -0.05) is 42.1 Å². The summed E-state index contributed by atoms with van der Waals surface area (Å²) in [5, 5.41) is 9.81. The number of hydrogen-bond donors (Lipinski definition) is 1. The van der Waals surface area contributed by atoms with E-state index in [0.717, 1.165) is 27.6 Å². The Balaban J connectivity index is 1.37. The quantitative estimate of drug-likeness (QED) is 0.476. The van der Waals surface area contributed by atoms with Gasteiger partial charge < -0.3 is 13.8 Å². The number of nitrogens with one attached hydrogen (secondary N) is 1. The van der Waals surface area contributed by atoms with Crippen LogP contribution in [0.15, 0.2) is 68.8 Å². The maximum Gasteiger partial charge on any atom is 0.277 e. The number of nitrogens with zero attached hydrogens (tertiary/aromatic N) is 3. The van der Waals surface area contributed by atoms with Crippen LogP contribution in [0.3, 0.4) is 0 Å². The van der Waals surface area contributed by atoms with Gasteiger partial charge in [0.2, 0.25) is 5.89 Å². The minimum Gasteiger partial charge on any atom is -0.440 e. The molecule has 0 fully saturated rings. The number of oxazole rings is 1. The van der Waals surface area contributed by atoms with E-state index < -0.39 is 0 Å². The van der Waals surface area contributed by atoms with Crippen LogP contribution in [0, 0.1) is 0 Å². The highest BCUT2D eigenvalue weighted by atomic mass is 32.2. The highest BCUT2D eigenvalue weighted by Gasteiger charge is 2.14. The maximum absolute atomic E-state index is 5.78. The molecule has 122 valence electrons. The molecule has 0 aliphatic carbocycles. The normalized spacial score (nSPS) is 11.5. The zero-order valence-electron chi connectivity index (χ0n) is 13.0. The number of para-hydroxylation sites is 3. The molecule has 5 aromatic rings. The number of thioether (sulfide) groups is 1. The first-order chi connectivity index (χ1) is 12.4. The van der Waals surface area contributed by atoms with Gasteiger partial charge in [-0.3, -0.25) is 0 Å². The van der Waals surface area contributed by atoms with Gasteiger partial charge in [0.1, 0.15) is 5.52 Å². The first kappa shape index (κ1) is 14.3. The van der Waals surface area contributed by atoms with E-state index >= 15 is 0 Å². The van der Waals surface area contributed by atoms with Gasteiger partial charge in [-0.15, -0.1) is 10.2 Å². The van der Waals surface area contributed by atoms with Gasteiger partial charge in [0.15, 0.2) is 5.58 Å². The standard InChI is InChI=1S/C18H12N4O2S/c1-2-6-13-11(5-1)12(9-19-13)17-21-22-18(24-17)25-10-16-20-14-7-3-4-8-15(14)23-16/h1-9,19H,10H2. The van der Waals surface area contributed by atoms with Gasteiger partial charge >= 0.3 is 0 Å². The predicted octanol–water partition coefficient (Wildman–Crippen LogP) is 4.65. The van der Waals surface area contributed by atoms with E-state index in [1.807, 2.05) is 54.7 Å². The average molecular weight is 348 g/mol. The molecule has 0 aliphatic rings. The number of aromatic nitrogens is 4. The molecule has 0 spiro atoms. The highest BCUT2D eigenvalue weighted by molar-refractivity contribution is 7.98. The second-order valence-electron chi connectivity index (χ2n) is 5.49. The maximum atomic E-state index is 5.78. The lowest BCUT2D eigenvalue weighted by Crippen LogP contribution is -1.79. The SMILES string of the molecule is c1ccc2oc(CSc3nnc(-c4c[nH]c5ccccc45)o3)nc2c1. The van der Waals surface area contributed by atoms with Crippen molar-refractivity contribution < 1.29 is 8.83 Å². The summed E-state index contributed by atoms with van der Waals surface area (Å²) in [5.74, 6) is 1.67. The number of H-pyrrole nitrogens is 1. The third kappa shape index (κ3) is 2.58. The van der Waals surface area contributed by atoms with Gasteiger partial charge in [0.05, 0.1) is 11.3 Å². The summed E-state index contributed by atoms with van der Waals surface area (Å²) in [6.45, 7) is 0. The molecule has 5 rings (SSSR count). The summed E-state index contributed by atoms with van der Waals surface area (Å²) in [6, 6.07) is 15.7. The zero-order valence-corrected chi connectivity index (χ0v) is 13.8. The Kier molecular flexibility index (Phi) is 3.31. The van der Waals surface area contributed by atoms with Crippen LogP contribution >= 0.6 is 11.8 Å². The third-order valence-electron chi connectivity index (χ3n) is 3.88. The molecule has 25 heavy (non-hydrogen) atoms. The molecular formula is C18H12N4O2S. The van der Waals surface area contributed by atoms with E-state index in [9.17, 15) is 0 Å². The molecule has 3 aromatic heterocycles. The summed E-state index contributed by atoms with van der Waals surface area (Å²) >= 11 is 1.41. The first-order valence-corrected chi connectivity index (χ1v) is 8.72. The Labute approximate surface area is 146 Å². The van der Waals surface area contributed by atoms with E-state index in [-0.39, 0.29) is 0 Å². The van der Waals surface area contributed by atoms with Crippen LogP contribution in [0.4, 0.5) is 0 Å². The molecule has 1 N–H and O–H groups in total. The summed E-state index contributed by atoms with van der Waals surface area (Å²) < 4.78 is 11.5. The van der Waals surface area contributed by atoms with Crippen molar-refractivity contribution in [3.8, 4) is 11.5 Å². The van der Waals surface area contributed by atoms with Crippen molar-refractivity contribution in [2.75, 3.05) is 0 Å². The fourth-order valence-corrected chi connectivity index (χ4v) is 3.34. The van der Waals surface area contributed by atoms with Crippen molar-refractivity contribution in [1.29, 1.82) is 0 Å². The molecule has 0 saturated heterocycles. The molecule has 0 saturated carbocycles. The topological polar surface area (TPSA) is 80.7 Å². The lowest BCUT2D eigenvalue weighted by molar-refractivity contribution is 0.465. The van der Waals surface area contributed by atoms with E-state index in [4.69, 9.17) is 8.83 Å². The van der Waals surface area contributed by atoms with Crippen LogP contribution in [-0.2, 0) is 5.75 Å². The van der Waals surface area contributed by atoms with Gasteiger partial charge in [-0.2, -0.15) is 0 Å². The molecule has 0 amide bonds. The number of fused-ring (bicyclic) bond motifs is 2. The molecule has 3 heterocycles. The van der Waals surface area contributed by atoms with Crippen LogP contribution in [0.1, 0.15) is 5.89 Å². The molecule has 0 atom stereocenters. The largest absolute Gasteiger partial charge is 0.440 e. The second kappa shape index (κ2) is 5.78. The van der Waals surface area contributed by atoms with Crippen molar-refractivity contribution in [3.63, 3.8) is 0 Å². The minimum atomic E-state index is 0.488. The molecule has 2 aromatic carbocycles. The van der Waals surface area contributed by atoms with Crippen molar-refractivity contribution in [1.82, 2.24) is 20.2 Å². The lowest BCUT2D eigenvalue weighted by atomic mass is 10.2. The summed E-state index contributed by atoms with van der Waals surface area (Å²) in [4.78, 5) is 7.65. The van der Waals surface area contributed by atoms with E-state index in [0.29, 0.717) is 22.8 Å². The van der Waals surface area contributed by atoms with Crippen LogP contribution in [0.5, 0.6) is 0 Å². The number of benzene rings is 2. The van der Waals surface area contributed by atoms with Gasteiger partial charge in [-0.25, -0.2) is 4.98 Å². The molecule has 0 unspecified atom stereocenters. The first-order valence-electron chi connectivity index (χ1n) is 7.74. The minimum absolute atomic E-state index is 0.488. The Morgan fingerprint density at radius 3 is 2.80 bits per heavy atom. The fourth-order valence-electron chi connectivity index (χ4n) is 2.73. The summed E-state index contributed by atoms with van der Waals surface area (Å²) in [6.07, 6.45) is 1.88. The zero-order chi connectivity index (χ0) is 16.6. The summed E-state index contributed by atoms with van der Waals surface area (Å²) in [7, 11) is 0. The Bertz CT molecular complexity index is 1140. The lowest BCUT2D eigenvalue weighted by Gasteiger charge is -1.92. The van der Waals surface area contributed by atoms with Crippen LogP contribution < -0.4 is 0 Å². The number of hydrogen-bond acceptors (Lipinski definition) is 6. The van der Waals surface area contributed by atoms with E-state index in [2.05, 4.69) is 20.2 Å². The van der Waals surface area contributed by atoms with Crippen molar-refractivity contribution >= 4 is 33.8 Å². The van der Waals surface area contributed by atoms with Crippen molar-refractivity contribution in [2.45, 2.75) is 11.0 Å². The Morgan fingerprint density at radius 2 is 1.84 bits per heavy atom. The van der Waals surface area contributed by atoms with E-state index in [1.165, 1.54) is 11.8 Å². The number of rotatable bonds is 4. The predicted molar refractivity (Wildman–Crippen MR) is 95.2 cm³/mol. The van der Waals surface area contributed by atoms with Crippen molar-refractivity contribution in [3.05, 3.63) is 60.6 Å². The molecule has 0 aliphatic heterocycles. The molecule has 6 nitrogen and oxygen atoms in total. The average Bonchev–Trinajstić information content (AvgIpc) is 3.36.